The van der Waals surface area contributed by atoms with Crippen molar-refractivity contribution < 1.29 is 106 Å². The van der Waals surface area contributed by atoms with E-state index in [4.69, 9.17) is 49.7 Å². The first-order chi connectivity index (χ1) is 69.4. The second-order valence-electron chi connectivity index (χ2n) is 33.2. The van der Waals surface area contributed by atoms with Gasteiger partial charge < -0.3 is 49.0 Å². The van der Waals surface area contributed by atoms with Crippen LogP contribution in [0.5, 0.6) is 11.5 Å². The van der Waals surface area contributed by atoms with Crippen LogP contribution >= 0.6 is 0 Å². The molecule has 143 heavy (non-hydrogen) atoms. The van der Waals surface area contributed by atoms with Crippen LogP contribution in [0.1, 0.15) is 120 Å². The SMILES string of the molecule is Cc1ccc(/C(=C\c2ccc(/C=C/C(=O)NO)cc2)C(=O)NC2CC2)cc1.Cc1cccc(/C(=C\c2ccc(/C=C/C(=O)NO)cc2)C(=O)N2CCOCC2)c1.O=C(/C=C/c1ccc(/C=C(/C(=O)N2CCOCC2)c2ccc(F)cc2)cc1)NO.O=C(/C=C/c1ccc(/C=C(/C(=O)N2CCOCC2)c2ccccc2F)cc1)NO.O=C(/C=C/c1ccc(/C=C(/C(=O)NC2CC2)c2ccc3c(c2)OCO3)cc1)NO. The van der Waals surface area contributed by atoms with Gasteiger partial charge in [-0.05, 0) is 209 Å². The number of amides is 10. The zero-order chi connectivity index (χ0) is 101. The zero-order valence-electron chi connectivity index (χ0n) is 78.3. The molecule has 10 aromatic carbocycles. The van der Waals surface area contributed by atoms with E-state index >= 15 is 0 Å². The molecule has 4 heterocycles. The van der Waals surface area contributed by atoms with E-state index in [1.165, 1.54) is 65.6 Å². The number of hydrogen-bond acceptors (Lipinski definition) is 20. The zero-order valence-corrected chi connectivity index (χ0v) is 78.3. The topological polar surface area (TPSA) is 412 Å². The Morgan fingerprint density at radius 1 is 0.308 bits per heavy atom. The third kappa shape index (κ3) is 33.6. The van der Waals surface area contributed by atoms with Gasteiger partial charge in [0.1, 0.15) is 11.6 Å². The van der Waals surface area contributed by atoms with Crippen LogP contribution in [0.15, 0.2) is 267 Å². The Kier molecular flexibility index (Phi) is 39.9. The molecule has 0 spiro atoms. The first-order valence-corrected chi connectivity index (χ1v) is 45.9. The molecule has 2 aliphatic carbocycles. The summed E-state index contributed by atoms with van der Waals surface area (Å²) in [5.74, 6) is -3.16. The van der Waals surface area contributed by atoms with Gasteiger partial charge >= 0.3 is 0 Å². The number of morpholine rings is 3. The summed E-state index contributed by atoms with van der Waals surface area (Å²) in [6.45, 7) is 10.3. The van der Waals surface area contributed by atoms with Crippen molar-refractivity contribution in [3.8, 4) is 11.5 Å². The molecule has 10 amide bonds. The van der Waals surface area contributed by atoms with E-state index in [1.54, 1.807) is 135 Å². The highest BCUT2D eigenvalue weighted by Crippen LogP contribution is 2.37. The number of hydrogen-bond donors (Lipinski definition) is 12. The molecule has 6 aliphatic rings. The maximum Gasteiger partial charge on any atom is 0.267 e. The number of rotatable bonds is 27. The normalized spacial score (nSPS) is 14.8. The van der Waals surface area contributed by atoms with Gasteiger partial charge in [-0.2, -0.15) is 0 Å². The molecule has 2 saturated carbocycles. The molecule has 32 heteroatoms. The quantitative estimate of drug-likeness (QED) is 0.00984. The minimum Gasteiger partial charge on any atom is -0.454 e. The van der Waals surface area contributed by atoms with E-state index in [9.17, 15) is 56.7 Å². The number of nitrogens with one attached hydrogen (secondary N) is 7. The largest absolute Gasteiger partial charge is 0.454 e. The fraction of sp³-hybridized carbons (Fsp3) is 0.189. The number of hydroxylamine groups is 5. The molecular weight excluding hydrogens is 1830 g/mol. The number of carbonyl (C=O) groups is 10. The van der Waals surface area contributed by atoms with E-state index in [1.807, 2.05) is 183 Å². The van der Waals surface area contributed by atoms with Crippen LogP contribution in [0.4, 0.5) is 8.78 Å². The molecule has 16 rings (SSSR count). The van der Waals surface area contributed by atoms with E-state index in [0.717, 1.165) is 104 Å². The molecule has 736 valence electrons. The lowest BCUT2D eigenvalue weighted by Gasteiger charge is -2.28. The number of aryl methyl sites for hydroxylation is 2. The second-order valence-corrected chi connectivity index (χ2v) is 33.2. The maximum absolute atomic E-state index is 14.4. The summed E-state index contributed by atoms with van der Waals surface area (Å²) in [7, 11) is 0. The van der Waals surface area contributed by atoms with Crippen molar-refractivity contribution in [3.05, 3.63) is 373 Å². The average molecular weight is 1940 g/mol. The van der Waals surface area contributed by atoms with Gasteiger partial charge in [0.05, 0.1) is 45.2 Å². The average Bonchev–Trinajstić information content (AvgIpc) is 1.76. The van der Waals surface area contributed by atoms with Crippen molar-refractivity contribution in [2.75, 3.05) is 85.7 Å². The van der Waals surface area contributed by atoms with Crippen molar-refractivity contribution in [2.24, 2.45) is 0 Å². The minimum absolute atomic E-state index is 0.0116. The minimum atomic E-state index is -0.632. The number of carbonyl (C=O) groups excluding carboxylic acids is 10. The van der Waals surface area contributed by atoms with Crippen LogP contribution in [-0.4, -0.2) is 198 Å². The van der Waals surface area contributed by atoms with Gasteiger partial charge in [-0.1, -0.05) is 217 Å². The third-order valence-electron chi connectivity index (χ3n) is 22.5. The molecule has 5 fully saturated rings. The number of benzene rings is 10. The summed E-state index contributed by atoms with van der Waals surface area (Å²) in [5.41, 5.74) is 23.9. The standard InChI is InChI=1S/C23H24N2O4.2C22H21FN2O4.C22H20N2O5.C22H22N2O3/c1-17-3-2-4-20(15-17)21(23(27)25-11-13-29-14-12-25)16-19-7-5-18(6-8-19)9-10-22(26)24-28;23-19-8-6-18(7-9-19)20(22(27)25-11-13-29-14-12-25)15-17-3-1-16(2-4-17)5-10-21(26)24-28;23-20-4-2-1-3-18(20)19(22(27)25-11-13-29-14-12-25)15-17-7-5-16(6-8-17)9-10-21(26)24-28;25-21(24-27)10-5-14-1-3-15(4-2-14)11-18(22(26)23-17-7-8-17)16-6-9-19-20(12-16)29-13-28-19;1-15-2-9-18(10-3-15)20(22(26)23-19-11-12-19)14-17-6-4-16(5-7-17)8-13-21(25)24-27/h2-10,15-16,28H,11-14H2,1H3,(H,24,26);2*1-10,15,28H,11-14H2,(H,24,26);1-6,9-12,17,27H,7-8,13H2,(H,23,26)(H,24,25);2-10,13-14,19,27H,11-12H2,1H3,(H,23,26)(H,24,25)/b10-9+,21-16+;10-5+,20-15+;10-9+,19-15+;10-5+,18-11+;13-8+,20-14+. The predicted molar refractivity (Wildman–Crippen MR) is 539 cm³/mol. The summed E-state index contributed by atoms with van der Waals surface area (Å²) in [6, 6.07) is 70.3. The Morgan fingerprint density at radius 3 is 0.965 bits per heavy atom. The molecule has 0 unspecified atom stereocenters. The highest BCUT2D eigenvalue weighted by Gasteiger charge is 2.30. The number of fused-ring (bicyclic) bond motifs is 1. The van der Waals surface area contributed by atoms with Crippen LogP contribution < -0.4 is 47.5 Å². The fourth-order valence-electron chi connectivity index (χ4n) is 14.5. The van der Waals surface area contributed by atoms with Gasteiger partial charge in [-0.3, -0.25) is 74.0 Å². The van der Waals surface area contributed by atoms with Crippen molar-refractivity contribution in [2.45, 2.75) is 51.6 Å². The van der Waals surface area contributed by atoms with Gasteiger partial charge in [0.25, 0.3) is 59.1 Å². The van der Waals surface area contributed by atoms with Crippen LogP contribution in [-0.2, 0) is 62.2 Å². The fourth-order valence-corrected chi connectivity index (χ4v) is 14.5. The maximum atomic E-state index is 14.4. The van der Waals surface area contributed by atoms with Crippen LogP contribution in [0.3, 0.4) is 0 Å². The Balaban J connectivity index is 0.000000160. The van der Waals surface area contributed by atoms with E-state index in [-0.39, 0.29) is 65.4 Å². The highest BCUT2D eigenvalue weighted by molar-refractivity contribution is 6.27. The Bertz CT molecular complexity index is 6450. The van der Waals surface area contributed by atoms with Crippen molar-refractivity contribution >= 4 is 148 Å². The lowest BCUT2D eigenvalue weighted by molar-refractivity contribution is -0.129. The molecule has 0 atom stereocenters. The lowest BCUT2D eigenvalue weighted by Crippen LogP contribution is -2.41. The monoisotopic (exact) mass is 1940 g/mol. The van der Waals surface area contributed by atoms with E-state index in [2.05, 4.69) is 10.6 Å². The van der Waals surface area contributed by atoms with Crippen LogP contribution in [0.2, 0.25) is 0 Å². The van der Waals surface area contributed by atoms with Crippen molar-refractivity contribution in [3.63, 3.8) is 0 Å². The van der Waals surface area contributed by atoms with Gasteiger partial charge in [0, 0.05) is 110 Å². The van der Waals surface area contributed by atoms with Crippen molar-refractivity contribution in [1.82, 2.24) is 52.7 Å². The molecule has 4 aliphatic heterocycles. The summed E-state index contributed by atoms with van der Waals surface area (Å²) in [5, 5.41) is 48.7. The molecule has 10 aromatic rings. The van der Waals surface area contributed by atoms with E-state index in [0.29, 0.717) is 124 Å². The van der Waals surface area contributed by atoms with Gasteiger partial charge in [0.15, 0.2) is 11.5 Å². The first kappa shape index (κ1) is 105. The lowest BCUT2D eigenvalue weighted by atomic mass is 9.99. The molecular formula is C111H108F2N10O20. The molecule has 30 nitrogen and oxygen atoms in total. The number of nitrogens with zero attached hydrogens (tertiary/aromatic N) is 3. The number of ether oxygens (including phenoxy) is 5. The van der Waals surface area contributed by atoms with E-state index < -0.39 is 35.4 Å². The second kappa shape index (κ2) is 54.1. The third-order valence-corrected chi connectivity index (χ3v) is 22.5. The van der Waals surface area contributed by atoms with Crippen LogP contribution in [0.25, 0.3) is 88.6 Å². The molecule has 12 N–H and O–H groups in total. The summed E-state index contributed by atoms with van der Waals surface area (Å²) in [6.07, 6.45) is 27.1. The van der Waals surface area contributed by atoms with Crippen LogP contribution in [0, 0.1) is 25.5 Å². The van der Waals surface area contributed by atoms with Gasteiger partial charge in [-0.15, -0.1) is 0 Å². The highest BCUT2D eigenvalue weighted by atomic mass is 19.1. The van der Waals surface area contributed by atoms with Gasteiger partial charge in [0.2, 0.25) is 6.79 Å². The van der Waals surface area contributed by atoms with Gasteiger partial charge in [-0.25, -0.2) is 36.2 Å². The molecule has 0 radical (unpaired) electrons. The summed E-state index contributed by atoms with van der Waals surface area (Å²) < 4.78 is 54.6. The Morgan fingerprint density at radius 2 is 0.608 bits per heavy atom. The molecule has 0 bridgehead atoms. The first-order valence-electron chi connectivity index (χ1n) is 45.9. The molecule has 3 saturated heterocycles. The Labute approximate surface area is 824 Å². The number of halogens is 2. The predicted octanol–water partition coefficient (Wildman–Crippen LogP) is 14.5. The van der Waals surface area contributed by atoms with Crippen molar-refractivity contribution in [1.29, 1.82) is 0 Å². The smallest absolute Gasteiger partial charge is 0.267 e. The summed E-state index contributed by atoms with van der Waals surface area (Å²) >= 11 is 0. The Hall–Kier alpha value is -16.6. The molecule has 0 aromatic heterocycles. The summed E-state index contributed by atoms with van der Waals surface area (Å²) in [4.78, 5) is 126.